The quantitative estimate of drug-likeness (QED) is 0.768. The number of carboxylic acids is 1. The lowest BCUT2D eigenvalue weighted by Crippen LogP contribution is -2.32. The SMILES string of the molecule is CC(NS(=O)(=O)CC(=O)O)c1ccccn1. The highest BCUT2D eigenvalue weighted by Gasteiger charge is 2.19. The van der Waals surface area contributed by atoms with Gasteiger partial charge in [0, 0.05) is 6.20 Å². The molecule has 1 atom stereocenters. The van der Waals surface area contributed by atoms with Crippen LogP contribution >= 0.6 is 0 Å². The minimum Gasteiger partial charge on any atom is -0.480 e. The highest BCUT2D eigenvalue weighted by Crippen LogP contribution is 2.09. The van der Waals surface area contributed by atoms with Crippen LogP contribution in [0, 0.1) is 0 Å². The molecule has 16 heavy (non-hydrogen) atoms. The molecule has 0 aliphatic carbocycles. The van der Waals surface area contributed by atoms with Crippen molar-refractivity contribution >= 4 is 16.0 Å². The molecule has 2 N–H and O–H groups in total. The van der Waals surface area contributed by atoms with E-state index in [1.54, 1.807) is 25.1 Å². The van der Waals surface area contributed by atoms with Crippen LogP contribution in [-0.4, -0.2) is 30.2 Å². The monoisotopic (exact) mass is 244 g/mol. The Morgan fingerprint density at radius 1 is 1.56 bits per heavy atom. The van der Waals surface area contributed by atoms with Gasteiger partial charge in [-0.1, -0.05) is 6.07 Å². The van der Waals surface area contributed by atoms with Crippen LogP contribution in [0.5, 0.6) is 0 Å². The van der Waals surface area contributed by atoms with Crippen molar-refractivity contribution in [2.24, 2.45) is 0 Å². The van der Waals surface area contributed by atoms with Gasteiger partial charge in [0.25, 0.3) is 0 Å². The molecular formula is C9H12N2O4S. The molecule has 1 aromatic rings. The van der Waals surface area contributed by atoms with E-state index in [1.807, 2.05) is 0 Å². The van der Waals surface area contributed by atoms with Crippen LogP contribution in [0.15, 0.2) is 24.4 Å². The standard InChI is InChI=1S/C9H12N2O4S/c1-7(8-4-2-3-5-10-8)11-16(14,15)6-9(12)13/h2-5,7,11H,6H2,1H3,(H,12,13). The van der Waals surface area contributed by atoms with E-state index in [0.717, 1.165) is 0 Å². The summed E-state index contributed by atoms with van der Waals surface area (Å²) in [5.74, 6) is -2.33. The van der Waals surface area contributed by atoms with Gasteiger partial charge >= 0.3 is 5.97 Å². The predicted molar refractivity (Wildman–Crippen MR) is 57.2 cm³/mol. The lowest BCUT2D eigenvalue weighted by atomic mass is 10.2. The van der Waals surface area contributed by atoms with Gasteiger partial charge in [-0.25, -0.2) is 13.1 Å². The summed E-state index contributed by atoms with van der Waals surface area (Å²) < 4.78 is 24.8. The van der Waals surface area contributed by atoms with E-state index in [1.165, 1.54) is 6.20 Å². The van der Waals surface area contributed by atoms with Crippen LogP contribution < -0.4 is 4.72 Å². The van der Waals surface area contributed by atoms with Gasteiger partial charge in [-0.05, 0) is 19.1 Å². The third kappa shape index (κ3) is 3.95. The first-order valence-electron chi connectivity index (χ1n) is 4.53. The lowest BCUT2D eigenvalue weighted by Gasteiger charge is -2.12. The van der Waals surface area contributed by atoms with Crippen molar-refractivity contribution in [3.05, 3.63) is 30.1 Å². The zero-order valence-electron chi connectivity index (χ0n) is 8.62. The molecule has 0 amide bonds. The number of sulfonamides is 1. The number of hydrogen-bond acceptors (Lipinski definition) is 4. The van der Waals surface area contributed by atoms with Crippen LogP contribution in [0.25, 0.3) is 0 Å². The van der Waals surface area contributed by atoms with Gasteiger partial charge in [0.2, 0.25) is 10.0 Å². The number of nitrogens with zero attached hydrogens (tertiary/aromatic N) is 1. The Morgan fingerprint density at radius 2 is 2.25 bits per heavy atom. The number of rotatable bonds is 5. The van der Waals surface area contributed by atoms with Crippen LogP contribution in [0.4, 0.5) is 0 Å². The third-order valence-corrected chi connectivity index (χ3v) is 3.14. The normalized spacial score (nSPS) is 13.3. The summed E-state index contributed by atoms with van der Waals surface area (Å²) in [6.07, 6.45) is 1.54. The zero-order chi connectivity index (χ0) is 12.2. The largest absolute Gasteiger partial charge is 0.480 e. The van der Waals surface area contributed by atoms with Gasteiger partial charge in [-0.2, -0.15) is 0 Å². The molecule has 1 unspecified atom stereocenters. The Bertz CT molecular complexity index is 458. The van der Waals surface area contributed by atoms with Gasteiger partial charge in [0.05, 0.1) is 11.7 Å². The van der Waals surface area contributed by atoms with E-state index in [-0.39, 0.29) is 0 Å². The molecule has 1 rings (SSSR count). The maximum atomic E-state index is 11.3. The Hall–Kier alpha value is -1.47. The molecule has 1 heterocycles. The summed E-state index contributed by atoms with van der Waals surface area (Å²) in [5, 5.41) is 8.40. The molecule has 1 aromatic heterocycles. The van der Waals surface area contributed by atoms with Crippen molar-refractivity contribution in [3.63, 3.8) is 0 Å². The minimum absolute atomic E-state index is 0.538. The van der Waals surface area contributed by atoms with Crippen molar-refractivity contribution in [1.29, 1.82) is 0 Å². The molecule has 0 aliphatic heterocycles. The zero-order valence-corrected chi connectivity index (χ0v) is 9.44. The second kappa shape index (κ2) is 5.04. The number of hydrogen-bond donors (Lipinski definition) is 2. The van der Waals surface area contributed by atoms with E-state index in [4.69, 9.17) is 5.11 Å². The maximum absolute atomic E-state index is 11.3. The Kier molecular flexibility index (Phi) is 3.97. The van der Waals surface area contributed by atoms with E-state index in [9.17, 15) is 13.2 Å². The van der Waals surface area contributed by atoms with Gasteiger partial charge in [-0.15, -0.1) is 0 Å². The topological polar surface area (TPSA) is 96.4 Å². The number of pyridine rings is 1. The predicted octanol–water partition coefficient (Wildman–Crippen LogP) is 0.147. The fourth-order valence-corrected chi connectivity index (χ4v) is 2.23. The first-order chi connectivity index (χ1) is 7.41. The number of nitrogens with one attached hydrogen (secondary N) is 1. The first kappa shape index (κ1) is 12.6. The van der Waals surface area contributed by atoms with Crippen molar-refractivity contribution in [2.75, 3.05) is 5.75 Å². The molecule has 0 aliphatic rings. The lowest BCUT2D eigenvalue weighted by molar-refractivity contribution is -0.134. The second-order valence-corrected chi connectivity index (χ2v) is 5.00. The van der Waals surface area contributed by atoms with Crippen molar-refractivity contribution in [3.8, 4) is 0 Å². The van der Waals surface area contributed by atoms with Crippen LogP contribution in [-0.2, 0) is 14.8 Å². The summed E-state index contributed by atoms with van der Waals surface area (Å²) in [6, 6.07) is 4.55. The summed E-state index contributed by atoms with van der Waals surface area (Å²) in [5.41, 5.74) is 0.538. The van der Waals surface area contributed by atoms with Crippen LogP contribution in [0.2, 0.25) is 0 Å². The van der Waals surface area contributed by atoms with Gasteiger partial charge in [-0.3, -0.25) is 9.78 Å². The Balaban J connectivity index is 2.72. The molecule has 0 saturated carbocycles. The van der Waals surface area contributed by atoms with Gasteiger partial charge in [0.15, 0.2) is 5.75 Å². The fourth-order valence-electron chi connectivity index (χ4n) is 1.17. The van der Waals surface area contributed by atoms with Crippen molar-refractivity contribution < 1.29 is 18.3 Å². The average Bonchev–Trinajstić information content (AvgIpc) is 2.16. The smallest absolute Gasteiger partial charge is 0.320 e. The molecule has 0 radical (unpaired) electrons. The van der Waals surface area contributed by atoms with E-state index in [2.05, 4.69) is 9.71 Å². The fraction of sp³-hybridized carbons (Fsp3) is 0.333. The van der Waals surface area contributed by atoms with E-state index >= 15 is 0 Å². The molecule has 0 aromatic carbocycles. The summed E-state index contributed by atoms with van der Waals surface area (Å²) >= 11 is 0. The summed E-state index contributed by atoms with van der Waals surface area (Å²) in [6.45, 7) is 1.60. The van der Waals surface area contributed by atoms with Crippen molar-refractivity contribution in [1.82, 2.24) is 9.71 Å². The minimum atomic E-state index is -3.82. The third-order valence-electron chi connectivity index (χ3n) is 1.80. The first-order valence-corrected chi connectivity index (χ1v) is 6.18. The number of carbonyl (C=O) groups is 1. The number of aliphatic carboxylic acids is 1. The Labute approximate surface area is 93.4 Å². The molecule has 6 nitrogen and oxygen atoms in total. The molecular weight excluding hydrogens is 232 g/mol. The molecule has 0 saturated heterocycles. The Morgan fingerprint density at radius 3 is 2.75 bits per heavy atom. The second-order valence-electron chi connectivity index (χ2n) is 3.25. The highest BCUT2D eigenvalue weighted by molar-refractivity contribution is 7.90. The average molecular weight is 244 g/mol. The summed E-state index contributed by atoms with van der Waals surface area (Å²) in [4.78, 5) is 14.3. The van der Waals surface area contributed by atoms with E-state index in [0.29, 0.717) is 5.69 Å². The molecule has 0 bridgehead atoms. The van der Waals surface area contributed by atoms with Gasteiger partial charge < -0.3 is 5.11 Å². The van der Waals surface area contributed by atoms with Crippen LogP contribution in [0.3, 0.4) is 0 Å². The van der Waals surface area contributed by atoms with Gasteiger partial charge in [0.1, 0.15) is 0 Å². The van der Waals surface area contributed by atoms with Crippen molar-refractivity contribution in [2.45, 2.75) is 13.0 Å². The highest BCUT2D eigenvalue weighted by atomic mass is 32.2. The van der Waals surface area contributed by atoms with Crippen LogP contribution in [0.1, 0.15) is 18.7 Å². The van der Waals surface area contributed by atoms with E-state index < -0.39 is 27.8 Å². The molecule has 88 valence electrons. The molecule has 0 spiro atoms. The summed E-state index contributed by atoms with van der Waals surface area (Å²) in [7, 11) is -3.82. The maximum Gasteiger partial charge on any atom is 0.320 e. The molecule has 7 heteroatoms. The number of aromatic nitrogens is 1. The molecule has 0 fully saturated rings. The number of carboxylic acid groups (broad SMARTS) is 1.